The van der Waals surface area contributed by atoms with E-state index in [0.29, 0.717) is 11.1 Å². The minimum absolute atomic E-state index is 0.155. The number of H-pyrrole nitrogens is 1. The molecule has 0 bridgehead atoms. The Morgan fingerprint density at radius 2 is 1.79 bits per heavy atom. The zero-order valence-electron chi connectivity index (χ0n) is 17.8. The van der Waals surface area contributed by atoms with Crippen LogP contribution < -0.4 is 20.9 Å². The number of aromatic amines is 1. The molecule has 1 aromatic heterocycles. The van der Waals surface area contributed by atoms with E-state index in [-0.39, 0.29) is 35.9 Å². The molecule has 1 saturated heterocycles. The minimum Gasteiger partial charge on any atom is -0.482 e. The number of carbonyl (C=O) groups excluding carboxylic acids is 1. The molecule has 34 heavy (non-hydrogen) atoms. The number of alkyl halides is 3. The summed E-state index contributed by atoms with van der Waals surface area (Å²) in [4.78, 5) is 25.9. The molecule has 0 spiro atoms. The zero-order valence-corrected chi connectivity index (χ0v) is 17.8. The van der Waals surface area contributed by atoms with Gasteiger partial charge in [0.25, 0.3) is 0 Å². The average molecular weight is 477 g/mol. The van der Waals surface area contributed by atoms with Crippen molar-refractivity contribution >= 4 is 17.4 Å². The van der Waals surface area contributed by atoms with Gasteiger partial charge < -0.3 is 25.1 Å². The maximum atomic E-state index is 14.5. The second kappa shape index (κ2) is 8.82. The van der Waals surface area contributed by atoms with Crippen LogP contribution in [0.25, 0.3) is 11.1 Å². The predicted molar refractivity (Wildman–Crippen MR) is 116 cm³/mol. The molecule has 0 aliphatic carbocycles. The molecule has 0 radical (unpaired) electrons. The van der Waals surface area contributed by atoms with Crippen molar-refractivity contribution in [1.82, 2.24) is 4.98 Å². The Balaban J connectivity index is 1.48. The number of anilines is 2. The number of urea groups is 1. The van der Waals surface area contributed by atoms with Gasteiger partial charge in [0.2, 0.25) is 5.56 Å². The number of pyridine rings is 1. The lowest BCUT2D eigenvalue weighted by Crippen LogP contribution is -2.51. The number of halogens is 4. The van der Waals surface area contributed by atoms with Crippen LogP contribution in [0.15, 0.2) is 59.5 Å². The Labute approximate surface area is 190 Å². The molecular weight excluding hydrogens is 458 g/mol. The van der Waals surface area contributed by atoms with E-state index in [0.717, 1.165) is 18.2 Å². The summed E-state index contributed by atoms with van der Waals surface area (Å²) < 4.78 is 65.6. The molecule has 2 aromatic carbocycles. The van der Waals surface area contributed by atoms with Crippen molar-refractivity contribution in [2.24, 2.45) is 0 Å². The topological polar surface area (TPSA) is 92.5 Å². The van der Waals surface area contributed by atoms with Crippen LogP contribution >= 0.6 is 0 Å². The molecule has 11 heteroatoms. The highest BCUT2D eigenvalue weighted by atomic mass is 19.4. The highest BCUT2D eigenvalue weighted by Gasteiger charge is 2.40. The standard InChI is InChI=1S/C23H19F4N3O4/c1-22(11-33-12-22)34-19-6-4-15(9-16(19)23(25,26)27)29-21(32)30-18-5-2-13(8-17(18)24)14-3-7-20(31)28-10-14/h2-10H,11-12H2,1H3,(H,28,31)(H2,29,30,32). The first-order valence-corrected chi connectivity index (χ1v) is 10.1. The van der Waals surface area contributed by atoms with Gasteiger partial charge in [-0.05, 0) is 54.4 Å². The summed E-state index contributed by atoms with van der Waals surface area (Å²) in [6, 6.07) is 8.95. The number of nitrogens with one attached hydrogen (secondary N) is 3. The van der Waals surface area contributed by atoms with Crippen molar-refractivity contribution in [3.8, 4) is 16.9 Å². The monoisotopic (exact) mass is 477 g/mol. The molecule has 3 aromatic rings. The summed E-state index contributed by atoms with van der Waals surface area (Å²) in [6.07, 6.45) is -3.31. The van der Waals surface area contributed by atoms with E-state index in [1.165, 1.54) is 36.5 Å². The first-order valence-electron chi connectivity index (χ1n) is 10.1. The fraction of sp³-hybridized carbons (Fsp3) is 0.217. The van der Waals surface area contributed by atoms with Crippen molar-refractivity contribution in [1.29, 1.82) is 0 Å². The lowest BCUT2D eigenvalue weighted by atomic mass is 10.0. The number of hydrogen-bond acceptors (Lipinski definition) is 4. The first kappa shape index (κ1) is 23.3. The van der Waals surface area contributed by atoms with Crippen LogP contribution in [0, 0.1) is 5.82 Å². The van der Waals surface area contributed by atoms with Crippen LogP contribution in [-0.2, 0) is 10.9 Å². The molecule has 1 aliphatic heterocycles. The van der Waals surface area contributed by atoms with E-state index in [4.69, 9.17) is 9.47 Å². The number of rotatable bonds is 5. The van der Waals surface area contributed by atoms with Gasteiger partial charge in [-0.1, -0.05) is 6.07 Å². The summed E-state index contributed by atoms with van der Waals surface area (Å²) in [5.41, 5.74) is -1.55. The molecule has 2 amide bonds. The molecular formula is C23H19F4N3O4. The van der Waals surface area contributed by atoms with Gasteiger partial charge in [-0.25, -0.2) is 9.18 Å². The summed E-state index contributed by atoms with van der Waals surface area (Å²) in [6.45, 7) is 1.96. The van der Waals surface area contributed by atoms with Crippen molar-refractivity contribution in [3.05, 3.63) is 76.5 Å². The van der Waals surface area contributed by atoms with Crippen molar-refractivity contribution < 1.29 is 31.8 Å². The summed E-state index contributed by atoms with van der Waals surface area (Å²) in [5, 5.41) is 4.53. The number of hydrogen-bond donors (Lipinski definition) is 3. The van der Waals surface area contributed by atoms with E-state index in [9.17, 15) is 27.2 Å². The molecule has 2 heterocycles. The van der Waals surface area contributed by atoms with Crippen LogP contribution in [0.1, 0.15) is 12.5 Å². The molecule has 7 nitrogen and oxygen atoms in total. The quantitative estimate of drug-likeness (QED) is 0.451. The minimum atomic E-state index is -4.73. The van der Waals surface area contributed by atoms with Gasteiger partial charge >= 0.3 is 12.2 Å². The number of aromatic nitrogens is 1. The van der Waals surface area contributed by atoms with Gasteiger partial charge in [0, 0.05) is 18.0 Å². The Bertz CT molecular complexity index is 1270. The summed E-state index contributed by atoms with van der Waals surface area (Å²) in [5.74, 6) is -1.15. The van der Waals surface area contributed by atoms with E-state index in [1.54, 1.807) is 6.92 Å². The zero-order chi connectivity index (χ0) is 24.5. The van der Waals surface area contributed by atoms with Crippen LogP contribution in [0.3, 0.4) is 0 Å². The highest BCUT2D eigenvalue weighted by molar-refractivity contribution is 6.00. The van der Waals surface area contributed by atoms with Crippen molar-refractivity contribution in [3.63, 3.8) is 0 Å². The summed E-state index contributed by atoms with van der Waals surface area (Å²) in [7, 11) is 0. The maximum Gasteiger partial charge on any atom is 0.420 e. The molecule has 0 unspecified atom stereocenters. The molecule has 1 fully saturated rings. The largest absolute Gasteiger partial charge is 0.482 e. The average Bonchev–Trinajstić information content (AvgIpc) is 2.75. The fourth-order valence-corrected chi connectivity index (χ4v) is 3.30. The fourth-order valence-electron chi connectivity index (χ4n) is 3.30. The number of benzene rings is 2. The van der Waals surface area contributed by atoms with Crippen molar-refractivity contribution in [2.45, 2.75) is 18.7 Å². The van der Waals surface area contributed by atoms with Crippen LogP contribution in [0.2, 0.25) is 0 Å². The molecule has 3 N–H and O–H groups in total. The Kier molecular flexibility index (Phi) is 6.05. The van der Waals surface area contributed by atoms with Gasteiger partial charge in [0.1, 0.15) is 11.6 Å². The highest BCUT2D eigenvalue weighted by Crippen LogP contribution is 2.40. The SMILES string of the molecule is CC1(Oc2ccc(NC(=O)Nc3ccc(-c4ccc(=O)[nH]c4)cc3F)cc2C(F)(F)F)COC1. The van der Waals surface area contributed by atoms with Gasteiger partial charge in [-0.15, -0.1) is 0 Å². The summed E-state index contributed by atoms with van der Waals surface area (Å²) >= 11 is 0. The normalized spacial score (nSPS) is 14.7. The Morgan fingerprint density at radius 3 is 2.38 bits per heavy atom. The van der Waals surface area contributed by atoms with Crippen LogP contribution in [0.5, 0.6) is 5.75 Å². The number of amides is 2. The molecule has 1 aliphatic rings. The van der Waals surface area contributed by atoms with Gasteiger partial charge in [0.15, 0.2) is 5.60 Å². The molecule has 178 valence electrons. The second-order valence-electron chi connectivity index (χ2n) is 7.97. The van der Waals surface area contributed by atoms with Crippen molar-refractivity contribution in [2.75, 3.05) is 23.8 Å². The van der Waals surface area contributed by atoms with Gasteiger partial charge in [-0.2, -0.15) is 13.2 Å². The van der Waals surface area contributed by atoms with Crippen LogP contribution in [0.4, 0.5) is 33.7 Å². The third kappa shape index (κ3) is 5.20. The number of ether oxygens (including phenoxy) is 2. The molecule has 0 atom stereocenters. The maximum absolute atomic E-state index is 14.5. The molecule has 4 rings (SSSR count). The van der Waals surface area contributed by atoms with E-state index >= 15 is 0 Å². The second-order valence-corrected chi connectivity index (χ2v) is 7.97. The Morgan fingerprint density at radius 1 is 1.06 bits per heavy atom. The third-order valence-electron chi connectivity index (χ3n) is 5.05. The lowest BCUT2D eigenvalue weighted by molar-refractivity contribution is -0.160. The van der Waals surface area contributed by atoms with E-state index < -0.39 is 29.2 Å². The molecule has 0 saturated carbocycles. The predicted octanol–water partition coefficient (Wildman–Crippen LogP) is 5.01. The van der Waals surface area contributed by atoms with E-state index in [2.05, 4.69) is 15.6 Å². The van der Waals surface area contributed by atoms with Gasteiger partial charge in [0.05, 0.1) is 24.5 Å². The van der Waals surface area contributed by atoms with Gasteiger partial charge in [-0.3, -0.25) is 4.79 Å². The Hall–Kier alpha value is -3.86. The smallest absolute Gasteiger partial charge is 0.420 e. The third-order valence-corrected chi connectivity index (χ3v) is 5.05. The first-order chi connectivity index (χ1) is 16.0. The lowest BCUT2D eigenvalue weighted by Gasteiger charge is -2.38. The number of carbonyl (C=O) groups is 1. The van der Waals surface area contributed by atoms with E-state index in [1.807, 2.05) is 0 Å². The van der Waals surface area contributed by atoms with Crippen LogP contribution in [-0.4, -0.2) is 29.8 Å².